The van der Waals surface area contributed by atoms with Crippen molar-refractivity contribution < 1.29 is 19.4 Å². The van der Waals surface area contributed by atoms with E-state index < -0.39 is 0 Å². The summed E-state index contributed by atoms with van der Waals surface area (Å²) >= 11 is 0. The lowest BCUT2D eigenvalue weighted by molar-refractivity contribution is -0.134. The van der Waals surface area contributed by atoms with Crippen molar-refractivity contribution in [3.63, 3.8) is 0 Å². The summed E-state index contributed by atoms with van der Waals surface area (Å²) in [6, 6.07) is 14.5. The molecule has 1 fully saturated rings. The van der Waals surface area contributed by atoms with Gasteiger partial charge < -0.3 is 19.5 Å². The predicted molar refractivity (Wildman–Crippen MR) is 90.3 cm³/mol. The normalized spacial score (nSPS) is 16.9. The fourth-order valence-corrected chi connectivity index (χ4v) is 3.06. The highest BCUT2D eigenvalue weighted by molar-refractivity contribution is 5.78. The quantitative estimate of drug-likeness (QED) is 0.916. The standard InChI is InChI=1S/C19H21NO4/c1-23-15-7-4-6-14(12-15)16-8-5-11-20(16)19(22)13-24-18-10-3-2-9-17(18)21/h2-4,6-7,9-10,12,16,21H,5,8,11,13H2,1H3. The van der Waals surface area contributed by atoms with Crippen molar-refractivity contribution in [3.05, 3.63) is 54.1 Å². The molecule has 1 N–H and O–H groups in total. The van der Waals surface area contributed by atoms with Crippen LogP contribution in [-0.2, 0) is 4.79 Å². The molecular weight excluding hydrogens is 306 g/mol. The first-order valence-electron chi connectivity index (χ1n) is 8.03. The van der Waals surface area contributed by atoms with Crippen LogP contribution in [0.25, 0.3) is 0 Å². The number of likely N-dealkylation sites (tertiary alicyclic amines) is 1. The highest BCUT2D eigenvalue weighted by Crippen LogP contribution is 2.33. The van der Waals surface area contributed by atoms with Gasteiger partial charge in [0.15, 0.2) is 18.1 Å². The van der Waals surface area contributed by atoms with E-state index in [1.54, 1.807) is 25.3 Å². The van der Waals surface area contributed by atoms with Crippen molar-refractivity contribution in [2.24, 2.45) is 0 Å². The summed E-state index contributed by atoms with van der Waals surface area (Å²) in [5.41, 5.74) is 1.07. The number of hydrogen-bond acceptors (Lipinski definition) is 4. The Morgan fingerprint density at radius 2 is 2.08 bits per heavy atom. The number of rotatable bonds is 5. The van der Waals surface area contributed by atoms with E-state index >= 15 is 0 Å². The van der Waals surface area contributed by atoms with Crippen LogP contribution in [0.15, 0.2) is 48.5 Å². The second kappa shape index (κ2) is 7.25. The zero-order valence-electron chi connectivity index (χ0n) is 13.6. The van der Waals surface area contributed by atoms with E-state index in [1.165, 1.54) is 6.07 Å². The Labute approximate surface area is 141 Å². The van der Waals surface area contributed by atoms with Crippen molar-refractivity contribution in [1.82, 2.24) is 4.90 Å². The van der Waals surface area contributed by atoms with Crippen LogP contribution < -0.4 is 9.47 Å². The first-order chi connectivity index (χ1) is 11.7. The molecule has 1 saturated heterocycles. The molecule has 24 heavy (non-hydrogen) atoms. The minimum atomic E-state index is -0.0853. The molecule has 0 radical (unpaired) electrons. The summed E-state index contributed by atoms with van der Waals surface area (Å²) in [7, 11) is 1.64. The first-order valence-corrected chi connectivity index (χ1v) is 8.03. The third-order valence-electron chi connectivity index (χ3n) is 4.27. The van der Waals surface area contributed by atoms with Gasteiger partial charge in [-0.1, -0.05) is 24.3 Å². The molecule has 0 aliphatic carbocycles. The molecule has 2 aromatic carbocycles. The minimum Gasteiger partial charge on any atom is -0.504 e. The third-order valence-corrected chi connectivity index (χ3v) is 4.27. The second-order valence-corrected chi connectivity index (χ2v) is 5.78. The number of carbonyl (C=O) groups excluding carboxylic acids is 1. The molecule has 1 amide bonds. The number of nitrogens with zero attached hydrogens (tertiary/aromatic N) is 1. The van der Waals surface area contributed by atoms with Gasteiger partial charge in [0.25, 0.3) is 5.91 Å². The molecule has 0 saturated carbocycles. The van der Waals surface area contributed by atoms with E-state index in [-0.39, 0.29) is 24.3 Å². The van der Waals surface area contributed by atoms with Crippen LogP contribution in [-0.4, -0.2) is 36.2 Å². The van der Waals surface area contributed by atoms with Crippen LogP contribution in [0.5, 0.6) is 17.2 Å². The summed E-state index contributed by atoms with van der Waals surface area (Å²) in [5, 5.41) is 9.71. The maximum Gasteiger partial charge on any atom is 0.261 e. The van der Waals surface area contributed by atoms with Crippen LogP contribution in [0.1, 0.15) is 24.4 Å². The van der Waals surface area contributed by atoms with Gasteiger partial charge in [-0.15, -0.1) is 0 Å². The van der Waals surface area contributed by atoms with E-state index in [0.717, 1.165) is 24.2 Å². The number of benzene rings is 2. The molecule has 126 valence electrons. The highest BCUT2D eigenvalue weighted by atomic mass is 16.5. The van der Waals surface area contributed by atoms with Crippen molar-refractivity contribution in [2.75, 3.05) is 20.3 Å². The van der Waals surface area contributed by atoms with Gasteiger partial charge in [0.1, 0.15) is 5.75 Å². The van der Waals surface area contributed by atoms with E-state index in [2.05, 4.69) is 0 Å². The van der Waals surface area contributed by atoms with Crippen LogP contribution in [0, 0.1) is 0 Å². The molecule has 1 aliphatic heterocycles. The zero-order valence-corrected chi connectivity index (χ0v) is 13.6. The Morgan fingerprint density at radius 3 is 2.88 bits per heavy atom. The Kier molecular flexibility index (Phi) is 4.89. The average molecular weight is 327 g/mol. The molecule has 5 nitrogen and oxygen atoms in total. The Morgan fingerprint density at radius 1 is 1.25 bits per heavy atom. The minimum absolute atomic E-state index is 0.0380. The Bertz CT molecular complexity index is 716. The van der Waals surface area contributed by atoms with Gasteiger partial charge in [0.05, 0.1) is 13.2 Å². The summed E-state index contributed by atoms with van der Waals surface area (Å²) in [6.45, 7) is 0.628. The fraction of sp³-hybridized carbons (Fsp3) is 0.316. The number of hydrogen-bond donors (Lipinski definition) is 1. The lowest BCUT2D eigenvalue weighted by Gasteiger charge is -2.25. The number of ether oxygens (including phenoxy) is 2. The van der Waals surface area contributed by atoms with Gasteiger partial charge in [-0.3, -0.25) is 4.79 Å². The molecule has 1 atom stereocenters. The molecule has 5 heteroatoms. The van der Waals surface area contributed by atoms with Gasteiger partial charge in [0.2, 0.25) is 0 Å². The number of phenols is 1. The lowest BCUT2D eigenvalue weighted by atomic mass is 10.0. The number of methoxy groups -OCH3 is 1. The molecule has 3 rings (SSSR count). The van der Waals surface area contributed by atoms with Gasteiger partial charge in [-0.05, 0) is 42.7 Å². The van der Waals surface area contributed by atoms with Gasteiger partial charge >= 0.3 is 0 Å². The summed E-state index contributed by atoms with van der Waals surface area (Å²) in [6.07, 6.45) is 1.89. The molecular formula is C19H21NO4. The van der Waals surface area contributed by atoms with E-state index in [9.17, 15) is 9.90 Å². The molecule has 0 spiro atoms. The molecule has 0 bridgehead atoms. The maximum absolute atomic E-state index is 12.6. The molecule has 1 aliphatic rings. The Hall–Kier alpha value is -2.69. The summed E-state index contributed by atoms with van der Waals surface area (Å²) in [5.74, 6) is 1.07. The van der Waals surface area contributed by atoms with Crippen LogP contribution in [0.2, 0.25) is 0 Å². The average Bonchev–Trinajstić information content (AvgIpc) is 3.11. The topological polar surface area (TPSA) is 59.0 Å². The molecule has 1 unspecified atom stereocenters. The SMILES string of the molecule is COc1cccc(C2CCCN2C(=O)COc2ccccc2O)c1. The number of para-hydroxylation sites is 2. The Balaban J connectivity index is 1.68. The molecule has 1 heterocycles. The van der Waals surface area contributed by atoms with E-state index in [0.29, 0.717) is 12.3 Å². The van der Waals surface area contributed by atoms with E-state index in [4.69, 9.17) is 9.47 Å². The van der Waals surface area contributed by atoms with Crippen LogP contribution in [0.4, 0.5) is 0 Å². The first kappa shape index (κ1) is 16.2. The predicted octanol–water partition coefficient (Wildman–Crippen LogP) is 3.14. The fourth-order valence-electron chi connectivity index (χ4n) is 3.06. The van der Waals surface area contributed by atoms with Gasteiger partial charge in [0, 0.05) is 6.54 Å². The number of aromatic hydroxyl groups is 1. The molecule has 0 aromatic heterocycles. The summed E-state index contributed by atoms with van der Waals surface area (Å²) in [4.78, 5) is 14.4. The molecule has 2 aromatic rings. The van der Waals surface area contributed by atoms with Crippen molar-refractivity contribution in [3.8, 4) is 17.2 Å². The van der Waals surface area contributed by atoms with Crippen LogP contribution in [0.3, 0.4) is 0 Å². The number of amides is 1. The van der Waals surface area contributed by atoms with Crippen LogP contribution >= 0.6 is 0 Å². The largest absolute Gasteiger partial charge is 0.504 e. The maximum atomic E-state index is 12.6. The van der Waals surface area contributed by atoms with Crippen molar-refractivity contribution in [2.45, 2.75) is 18.9 Å². The number of phenolic OH excluding ortho intramolecular Hbond substituents is 1. The van der Waals surface area contributed by atoms with Crippen molar-refractivity contribution in [1.29, 1.82) is 0 Å². The van der Waals surface area contributed by atoms with E-state index in [1.807, 2.05) is 29.2 Å². The van der Waals surface area contributed by atoms with Crippen molar-refractivity contribution >= 4 is 5.91 Å². The highest BCUT2D eigenvalue weighted by Gasteiger charge is 2.30. The number of carbonyl (C=O) groups is 1. The van der Waals surface area contributed by atoms with Gasteiger partial charge in [-0.2, -0.15) is 0 Å². The lowest BCUT2D eigenvalue weighted by Crippen LogP contribution is -2.34. The third kappa shape index (κ3) is 3.45. The van der Waals surface area contributed by atoms with Gasteiger partial charge in [-0.25, -0.2) is 0 Å². The monoisotopic (exact) mass is 327 g/mol. The summed E-state index contributed by atoms with van der Waals surface area (Å²) < 4.78 is 10.7. The second-order valence-electron chi connectivity index (χ2n) is 5.78. The zero-order chi connectivity index (χ0) is 16.9. The smallest absolute Gasteiger partial charge is 0.261 e.